The zero-order chi connectivity index (χ0) is 18.9. The largest absolute Gasteiger partial charge is 0.497 e. The molecule has 2 aromatic rings. The third-order valence-corrected chi connectivity index (χ3v) is 3.73. The van der Waals surface area contributed by atoms with Crippen LogP contribution in [0.3, 0.4) is 0 Å². The van der Waals surface area contributed by atoms with Crippen LogP contribution >= 0.6 is 0 Å². The molecule has 0 spiro atoms. The van der Waals surface area contributed by atoms with Crippen molar-refractivity contribution in [2.75, 3.05) is 13.6 Å². The van der Waals surface area contributed by atoms with Crippen molar-refractivity contribution in [3.63, 3.8) is 0 Å². The molecule has 0 radical (unpaired) electrons. The van der Waals surface area contributed by atoms with Gasteiger partial charge in [-0.25, -0.2) is 0 Å². The van der Waals surface area contributed by atoms with E-state index in [2.05, 4.69) is 10.6 Å². The predicted octanol–water partition coefficient (Wildman–Crippen LogP) is 0.685. The van der Waals surface area contributed by atoms with E-state index in [1.54, 1.807) is 55.6 Å². The van der Waals surface area contributed by atoms with Crippen LogP contribution in [0.25, 0.3) is 0 Å². The van der Waals surface area contributed by atoms with Gasteiger partial charge in [-0.1, -0.05) is 30.3 Å². The number of amides is 2. The molecule has 2 rings (SSSR count). The fourth-order valence-electron chi connectivity index (χ4n) is 2.38. The zero-order valence-corrected chi connectivity index (χ0v) is 14.4. The van der Waals surface area contributed by atoms with Crippen molar-refractivity contribution in [1.29, 1.82) is 0 Å². The lowest BCUT2D eigenvalue weighted by Gasteiger charge is -2.19. The van der Waals surface area contributed by atoms with Crippen molar-refractivity contribution in [3.05, 3.63) is 65.7 Å². The van der Waals surface area contributed by atoms with E-state index in [0.717, 1.165) is 5.56 Å². The molecular formula is C18H21BN2O5. The number of ether oxygens (including phenoxy) is 1. The Morgan fingerprint density at radius 2 is 1.73 bits per heavy atom. The Labute approximate surface area is 152 Å². The van der Waals surface area contributed by atoms with Crippen LogP contribution in [0.1, 0.15) is 28.4 Å². The summed E-state index contributed by atoms with van der Waals surface area (Å²) in [4.78, 5) is 24.5. The van der Waals surface area contributed by atoms with Crippen molar-refractivity contribution in [3.8, 4) is 5.75 Å². The van der Waals surface area contributed by atoms with Gasteiger partial charge < -0.3 is 25.4 Å². The Kier molecular flexibility index (Phi) is 7.19. The van der Waals surface area contributed by atoms with E-state index >= 15 is 0 Å². The summed E-state index contributed by atoms with van der Waals surface area (Å²) < 4.78 is 5.12. The molecule has 1 unspecified atom stereocenters. The molecule has 136 valence electrons. The van der Waals surface area contributed by atoms with Crippen molar-refractivity contribution in [1.82, 2.24) is 10.6 Å². The van der Waals surface area contributed by atoms with Gasteiger partial charge in [-0.05, 0) is 29.8 Å². The van der Waals surface area contributed by atoms with Gasteiger partial charge >= 0.3 is 7.12 Å². The smallest absolute Gasteiger partial charge is 0.472 e. The van der Waals surface area contributed by atoms with Crippen LogP contribution in [0.15, 0.2) is 54.6 Å². The summed E-state index contributed by atoms with van der Waals surface area (Å²) in [6.45, 7) is 0. The van der Waals surface area contributed by atoms with E-state index in [-0.39, 0.29) is 18.8 Å². The minimum absolute atomic E-state index is 0.0440. The normalized spacial score (nSPS) is 11.3. The molecule has 7 nitrogen and oxygen atoms in total. The molecule has 0 aliphatic rings. The van der Waals surface area contributed by atoms with Gasteiger partial charge in [-0.15, -0.1) is 0 Å². The second-order valence-corrected chi connectivity index (χ2v) is 5.65. The molecule has 8 heteroatoms. The van der Waals surface area contributed by atoms with E-state index in [1.165, 1.54) is 0 Å². The number of benzene rings is 2. The highest BCUT2D eigenvalue weighted by Gasteiger charge is 2.20. The van der Waals surface area contributed by atoms with E-state index in [1.807, 2.05) is 6.07 Å². The fraction of sp³-hybridized carbons (Fsp3) is 0.222. The first-order valence-electron chi connectivity index (χ1n) is 8.12. The standard InChI is InChI=1S/C18H21BN2O5/c1-26-15-9-7-13(8-10-15)16(11-17(22)20-12-19(24)25)21-18(23)14-5-3-2-4-6-14/h2-10,16,24-25H,11-12H2,1H3,(H,20,22)(H,21,23). The number of rotatable bonds is 8. The highest BCUT2D eigenvalue weighted by Crippen LogP contribution is 2.21. The average molecular weight is 356 g/mol. The van der Waals surface area contributed by atoms with Crippen LogP contribution in [0, 0.1) is 0 Å². The highest BCUT2D eigenvalue weighted by atomic mass is 16.5. The van der Waals surface area contributed by atoms with Gasteiger partial charge in [0, 0.05) is 5.56 Å². The molecule has 2 amide bonds. The summed E-state index contributed by atoms with van der Waals surface area (Å²) in [6.07, 6.45) is -0.321. The Bertz CT molecular complexity index is 722. The van der Waals surface area contributed by atoms with E-state index in [4.69, 9.17) is 14.8 Å². The van der Waals surface area contributed by atoms with Gasteiger partial charge in [-0.3, -0.25) is 9.59 Å². The Morgan fingerprint density at radius 1 is 1.08 bits per heavy atom. The van der Waals surface area contributed by atoms with Gasteiger partial charge in [0.05, 0.1) is 26.0 Å². The van der Waals surface area contributed by atoms with Crippen molar-refractivity contribution in [2.24, 2.45) is 0 Å². The summed E-state index contributed by atoms with van der Waals surface area (Å²) in [6, 6.07) is 15.1. The van der Waals surface area contributed by atoms with Crippen LogP contribution in [-0.2, 0) is 4.79 Å². The number of hydrogen-bond donors (Lipinski definition) is 4. The van der Waals surface area contributed by atoms with Crippen molar-refractivity contribution >= 4 is 18.9 Å². The molecule has 0 aliphatic heterocycles. The number of hydrogen-bond acceptors (Lipinski definition) is 5. The van der Waals surface area contributed by atoms with Gasteiger partial charge in [0.2, 0.25) is 5.91 Å². The maximum Gasteiger partial charge on any atom is 0.472 e. The maximum absolute atomic E-state index is 12.5. The van der Waals surface area contributed by atoms with Crippen LogP contribution in [0.5, 0.6) is 5.75 Å². The molecule has 4 N–H and O–H groups in total. The quantitative estimate of drug-likeness (QED) is 0.521. The fourth-order valence-corrected chi connectivity index (χ4v) is 2.38. The molecule has 0 saturated heterocycles. The second-order valence-electron chi connectivity index (χ2n) is 5.65. The average Bonchev–Trinajstić information content (AvgIpc) is 2.66. The minimum Gasteiger partial charge on any atom is -0.497 e. The van der Waals surface area contributed by atoms with Gasteiger partial charge in [-0.2, -0.15) is 0 Å². The van der Waals surface area contributed by atoms with Crippen LogP contribution in [-0.4, -0.2) is 42.5 Å². The first kappa shape index (κ1) is 19.5. The third kappa shape index (κ3) is 5.91. The van der Waals surface area contributed by atoms with Gasteiger partial charge in [0.1, 0.15) is 5.75 Å². The zero-order valence-electron chi connectivity index (χ0n) is 14.4. The second kappa shape index (κ2) is 9.60. The lowest BCUT2D eigenvalue weighted by molar-refractivity contribution is -0.121. The molecule has 0 aromatic heterocycles. The van der Waals surface area contributed by atoms with E-state index < -0.39 is 19.1 Å². The van der Waals surface area contributed by atoms with Crippen molar-refractivity contribution < 1.29 is 24.4 Å². The molecule has 0 saturated carbocycles. The summed E-state index contributed by atoms with van der Waals surface area (Å²) in [5.41, 5.74) is 1.21. The van der Waals surface area contributed by atoms with Crippen LogP contribution in [0.4, 0.5) is 0 Å². The van der Waals surface area contributed by atoms with Crippen LogP contribution in [0.2, 0.25) is 0 Å². The summed E-state index contributed by atoms with van der Waals surface area (Å²) in [5, 5.41) is 23.0. The minimum atomic E-state index is -1.63. The highest BCUT2D eigenvalue weighted by molar-refractivity contribution is 6.41. The first-order chi connectivity index (χ1) is 12.5. The lowest BCUT2D eigenvalue weighted by atomic mass is 9.92. The van der Waals surface area contributed by atoms with Crippen LogP contribution < -0.4 is 15.4 Å². The summed E-state index contributed by atoms with van der Waals surface area (Å²) in [7, 11) is -0.0746. The topological polar surface area (TPSA) is 108 Å². The number of methoxy groups -OCH3 is 1. The number of carbonyl (C=O) groups is 2. The number of carbonyl (C=O) groups excluding carboxylic acids is 2. The molecule has 0 heterocycles. The molecule has 0 bridgehead atoms. The van der Waals surface area contributed by atoms with Crippen molar-refractivity contribution in [2.45, 2.75) is 12.5 Å². The van der Waals surface area contributed by atoms with E-state index in [9.17, 15) is 9.59 Å². The number of nitrogens with one attached hydrogen (secondary N) is 2. The molecular weight excluding hydrogens is 335 g/mol. The monoisotopic (exact) mass is 356 g/mol. The molecule has 0 aliphatic carbocycles. The summed E-state index contributed by atoms with van der Waals surface area (Å²) >= 11 is 0. The SMILES string of the molecule is COc1ccc(C(CC(=O)NCB(O)O)NC(=O)c2ccccc2)cc1. The Hall–Kier alpha value is -2.84. The molecule has 26 heavy (non-hydrogen) atoms. The lowest BCUT2D eigenvalue weighted by Crippen LogP contribution is -2.38. The molecule has 1 atom stereocenters. The van der Waals surface area contributed by atoms with E-state index in [0.29, 0.717) is 11.3 Å². The summed E-state index contributed by atoms with van der Waals surface area (Å²) in [5.74, 6) is -0.0524. The van der Waals surface area contributed by atoms with Gasteiger partial charge in [0.25, 0.3) is 5.91 Å². The third-order valence-electron chi connectivity index (χ3n) is 3.73. The first-order valence-corrected chi connectivity index (χ1v) is 8.12. The predicted molar refractivity (Wildman–Crippen MR) is 97.5 cm³/mol. The van der Waals surface area contributed by atoms with Gasteiger partial charge in [0.15, 0.2) is 0 Å². The molecule has 2 aromatic carbocycles. The Morgan fingerprint density at radius 3 is 2.31 bits per heavy atom. The Balaban J connectivity index is 2.14. The maximum atomic E-state index is 12.5. The molecule has 0 fully saturated rings.